The second-order valence-electron chi connectivity index (χ2n) is 6.61. The molecule has 2 rings (SSSR count). The van der Waals surface area contributed by atoms with Crippen molar-refractivity contribution in [1.82, 2.24) is 5.32 Å². The number of hydrogen-bond donors (Lipinski definition) is 2. The van der Waals surface area contributed by atoms with E-state index in [-0.39, 0.29) is 18.3 Å². The van der Waals surface area contributed by atoms with Crippen molar-refractivity contribution in [1.29, 1.82) is 0 Å². The van der Waals surface area contributed by atoms with Crippen LogP contribution in [-0.2, 0) is 16.8 Å². The van der Waals surface area contributed by atoms with Crippen LogP contribution < -0.4 is 10.1 Å². The van der Waals surface area contributed by atoms with Crippen molar-refractivity contribution in [3.63, 3.8) is 0 Å². The molecular weight excluding hydrogens is 333 g/mol. The summed E-state index contributed by atoms with van der Waals surface area (Å²) >= 11 is 0. The van der Waals surface area contributed by atoms with Gasteiger partial charge in [-0.2, -0.15) is 0 Å². The minimum atomic E-state index is -1.23. The van der Waals surface area contributed by atoms with Crippen LogP contribution in [0.25, 0.3) is 0 Å². The number of amides is 1. The van der Waals surface area contributed by atoms with Crippen LogP contribution in [0.3, 0.4) is 0 Å². The molecule has 1 unspecified atom stereocenters. The van der Waals surface area contributed by atoms with E-state index in [1.165, 1.54) is 29.8 Å². The van der Waals surface area contributed by atoms with Gasteiger partial charge < -0.3 is 15.2 Å². The molecule has 2 aromatic carbocycles. The van der Waals surface area contributed by atoms with Gasteiger partial charge in [-0.15, -0.1) is 0 Å². The standard InChI is InChI=1S/C21H26FNO3/c1-21(25,17-9-11-18(22)12-10-17)15-23-20(24)6-4-3-5-16-7-13-19(26-2)14-8-16/h7-14,25H,3-6,15H2,1-2H3,(H,23,24). The van der Waals surface area contributed by atoms with Crippen molar-refractivity contribution in [2.45, 2.75) is 38.2 Å². The second-order valence-corrected chi connectivity index (χ2v) is 6.61. The Morgan fingerprint density at radius 2 is 1.77 bits per heavy atom. The monoisotopic (exact) mass is 359 g/mol. The number of methoxy groups -OCH3 is 1. The lowest BCUT2D eigenvalue weighted by atomic mass is 9.96. The van der Waals surface area contributed by atoms with Crippen molar-refractivity contribution in [2.75, 3.05) is 13.7 Å². The highest BCUT2D eigenvalue weighted by atomic mass is 19.1. The third kappa shape index (κ3) is 6.15. The van der Waals surface area contributed by atoms with Crippen LogP contribution in [0, 0.1) is 5.82 Å². The van der Waals surface area contributed by atoms with E-state index in [0.717, 1.165) is 25.0 Å². The molecular formula is C21H26FNO3. The Morgan fingerprint density at radius 1 is 1.12 bits per heavy atom. The molecule has 0 saturated heterocycles. The predicted molar refractivity (Wildman–Crippen MR) is 99.5 cm³/mol. The quantitative estimate of drug-likeness (QED) is 0.673. The first-order valence-electron chi connectivity index (χ1n) is 8.79. The predicted octanol–water partition coefficient (Wildman–Crippen LogP) is 3.57. The zero-order valence-electron chi connectivity index (χ0n) is 15.3. The number of carbonyl (C=O) groups excluding carboxylic acids is 1. The molecule has 1 atom stereocenters. The fourth-order valence-electron chi connectivity index (χ4n) is 2.68. The van der Waals surface area contributed by atoms with Crippen LogP contribution in [0.1, 0.15) is 37.3 Å². The molecule has 1 amide bonds. The second kappa shape index (κ2) is 9.34. The molecule has 0 aliphatic rings. The SMILES string of the molecule is COc1ccc(CCCCC(=O)NCC(C)(O)c2ccc(F)cc2)cc1. The van der Waals surface area contributed by atoms with E-state index in [1.807, 2.05) is 24.3 Å². The number of carbonyl (C=O) groups is 1. The van der Waals surface area contributed by atoms with Gasteiger partial charge in [-0.1, -0.05) is 24.3 Å². The topological polar surface area (TPSA) is 58.6 Å². The zero-order chi connectivity index (χ0) is 19.0. The average Bonchev–Trinajstić information content (AvgIpc) is 2.64. The lowest BCUT2D eigenvalue weighted by Gasteiger charge is -2.24. The summed E-state index contributed by atoms with van der Waals surface area (Å²) in [6.07, 6.45) is 3.00. The number of hydrogen-bond acceptors (Lipinski definition) is 3. The van der Waals surface area contributed by atoms with Crippen molar-refractivity contribution < 1.29 is 19.0 Å². The van der Waals surface area contributed by atoms with Gasteiger partial charge in [-0.05, 0) is 61.6 Å². The number of benzene rings is 2. The third-order valence-corrected chi connectivity index (χ3v) is 4.37. The van der Waals surface area contributed by atoms with E-state index < -0.39 is 5.60 Å². The van der Waals surface area contributed by atoms with Gasteiger partial charge >= 0.3 is 0 Å². The van der Waals surface area contributed by atoms with Crippen LogP contribution >= 0.6 is 0 Å². The van der Waals surface area contributed by atoms with Crippen LogP contribution in [0.5, 0.6) is 5.75 Å². The molecule has 0 bridgehead atoms. The van der Waals surface area contributed by atoms with Crippen molar-refractivity contribution >= 4 is 5.91 Å². The highest BCUT2D eigenvalue weighted by molar-refractivity contribution is 5.75. The summed E-state index contributed by atoms with van der Waals surface area (Å²) in [5, 5.41) is 13.2. The summed E-state index contributed by atoms with van der Waals surface area (Å²) in [5.41, 5.74) is 0.552. The van der Waals surface area contributed by atoms with Crippen molar-refractivity contribution in [2.24, 2.45) is 0 Å². The smallest absolute Gasteiger partial charge is 0.220 e. The van der Waals surface area contributed by atoms with E-state index in [2.05, 4.69) is 5.32 Å². The lowest BCUT2D eigenvalue weighted by Crippen LogP contribution is -2.38. The van der Waals surface area contributed by atoms with Crippen molar-refractivity contribution in [3.05, 3.63) is 65.5 Å². The molecule has 0 heterocycles. The Bertz CT molecular complexity index is 696. The molecule has 0 aromatic heterocycles. The number of aryl methyl sites for hydroxylation is 1. The normalized spacial score (nSPS) is 13.1. The molecule has 2 aromatic rings. The molecule has 0 fully saturated rings. The Morgan fingerprint density at radius 3 is 2.38 bits per heavy atom. The Balaban J connectivity index is 1.68. The Labute approximate surface area is 154 Å². The van der Waals surface area contributed by atoms with Crippen LogP contribution in [0.15, 0.2) is 48.5 Å². The molecule has 0 saturated carbocycles. The summed E-state index contributed by atoms with van der Waals surface area (Å²) in [5.74, 6) is 0.383. The van der Waals surface area contributed by atoms with E-state index >= 15 is 0 Å². The Hall–Kier alpha value is -2.40. The van der Waals surface area contributed by atoms with E-state index in [1.54, 1.807) is 14.0 Å². The van der Waals surface area contributed by atoms with Gasteiger partial charge in [-0.25, -0.2) is 4.39 Å². The number of rotatable bonds is 9. The van der Waals surface area contributed by atoms with Gasteiger partial charge in [0.1, 0.15) is 17.2 Å². The highest BCUT2D eigenvalue weighted by Gasteiger charge is 2.23. The largest absolute Gasteiger partial charge is 0.497 e. The molecule has 140 valence electrons. The van der Waals surface area contributed by atoms with Gasteiger partial charge in [0.25, 0.3) is 0 Å². The first-order valence-corrected chi connectivity index (χ1v) is 8.79. The van der Waals surface area contributed by atoms with Crippen molar-refractivity contribution in [3.8, 4) is 5.75 Å². The maximum absolute atomic E-state index is 13.0. The van der Waals surface area contributed by atoms with Gasteiger partial charge in [0.05, 0.1) is 13.7 Å². The zero-order valence-corrected chi connectivity index (χ0v) is 15.3. The molecule has 4 nitrogen and oxygen atoms in total. The number of unbranched alkanes of at least 4 members (excludes halogenated alkanes) is 1. The average molecular weight is 359 g/mol. The fourth-order valence-corrected chi connectivity index (χ4v) is 2.68. The molecule has 0 radical (unpaired) electrons. The molecule has 0 aliphatic carbocycles. The van der Waals surface area contributed by atoms with Gasteiger partial charge in [-0.3, -0.25) is 4.79 Å². The molecule has 2 N–H and O–H groups in total. The minimum Gasteiger partial charge on any atom is -0.497 e. The molecule has 0 spiro atoms. The molecule has 26 heavy (non-hydrogen) atoms. The van der Waals surface area contributed by atoms with Crippen LogP contribution in [0.4, 0.5) is 4.39 Å². The van der Waals surface area contributed by atoms with Crippen LogP contribution in [0.2, 0.25) is 0 Å². The summed E-state index contributed by atoms with van der Waals surface area (Å²) in [7, 11) is 1.64. The Kier molecular flexibility index (Phi) is 7.16. The summed E-state index contributed by atoms with van der Waals surface area (Å²) in [6, 6.07) is 13.6. The summed E-state index contributed by atoms with van der Waals surface area (Å²) in [6.45, 7) is 1.69. The summed E-state index contributed by atoms with van der Waals surface area (Å²) < 4.78 is 18.1. The van der Waals surface area contributed by atoms with E-state index in [4.69, 9.17) is 4.74 Å². The lowest BCUT2D eigenvalue weighted by molar-refractivity contribution is -0.122. The molecule has 5 heteroatoms. The third-order valence-electron chi connectivity index (χ3n) is 4.37. The maximum atomic E-state index is 13.0. The van der Waals surface area contributed by atoms with Gasteiger partial charge in [0, 0.05) is 6.42 Å². The number of aliphatic hydroxyl groups is 1. The van der Waals surface area contributed by atoms with E-state index in [0.29, 0.717) is 12.0 Å². The van der Waals surface area contributed by atoms with Crippen LogP contribution in [-0.4, -0.2) is 24.7 Å². The van der Waals surface area contributed by atoms with Gasteiger partial charge in [0.15, 0.2) is 0 Å². The highest BCUT2D eigenvalue weighted by Crippen LogP contribution is 2.20. The maximum Gasteiger partial charge on any atom is 0.220 e. The fraction of sp³-hybridized carbons (Fsp3) is 0.381. The minimum absolute atomic E-state index is 0.0932. The number of nitrogens with one attached hydrogen (secondary N) is 1. The molecule has 0 aliphatic heterocycles. The number of halogens is 1. The van der Waals surface area contributed by atoms with E-state index in [9.17, 15) is 14.3 Å². The summed E-state index contributed by atoms with van der Waals surface area (Å²) in [4.78, 5) is 12.0. The first kappa shape index (κ1) is 19.9. The first-order chi connectivity index (χ1) is 12.4. The number of ether oxygens (including phenoxy) is 1. The van der Waals surface area contributed by atoms with Gasteiger partial charge in [0.2, 0.25) is 5.91 Å².